The fraction of sp³-hybridized carbons (Fsp3) is 0.133. The molecule has 0 heterocycles. The second kappa shape index (κ2) is 5.24. The summed E-state index contributed by atoms with van der Waals surface area (Å²) in [6.07, 6.45) is 0. The molecule has 0 amide bonds. The van der Waals surface area contributed by atoms with Gasteiger partial charge in [-0.25, -0.2) is 0 Å². The predicted octanol–water partition coefficient (Wildman–Crippen LogP) is 3.18. The Hall–Kier alpha value is -2.47. The monoisotopic (exact) mass is 238 g/mol. The Balaban J connectivity index is 2.13. The number of hydrogen-bond donors (Lipinski definition) is 2. The van der Waals surface area contributed by atoms with E-state index in [1.54, 1.807) is 18.2 Å². The van der Waals surface area contributed by atoms with Crippen molar-refractivity contribution < 1.29 is 5.11 Å². The third-order valence-electron chi connectivity index (χ3n) is 2.76. The van der Waals surface area contributed by atoms with E-state index >= 15 is 0 Å². The van der Waals surface area contributed by atoms with Crippen molar-refractivity contribution in [3.05, 3.63) is 59.2 Å². The van der Waals surface area contributed by atoms with Crippen molar-refractivity contribution in [2.45, 2.75) is 13.5 Å². The number of nitrogens with one attached hydrogen (secondary N) is 1. The number of nitrogens with zero attached hydrogens (tertiary/aromatic N) is 1. The fourth-order valence-corrected chi connectivity index (χ4v) is 1.75. The maximum absolute atomic E-state index is 9.38. The molecule has 3 heteroatoms. The molecule has 0 aliphatic rings. The van der Waals surface area contributed by atoms with Crippen LogP contribution in [0.15, 0.2) is 42.5 Å². The first-order chi connectivity index (χ1) is 8.69. The Kier molecular flexibility index (Phi) is 3.49. The highest BCUT2D eigenvalue weighted by Gasteiger charge is 2.00. The topological polar surface area (TPSA) is 56.0 Å². The normalized spacial score (nSPS) is 9.78. The number of anilines is 1. The van der Waals surface area contributed by atoms with Crippen LogP contribution in [0.5, 0.6) is 5.75 Å². The van der Waals surface area contributed by atoms with Crippen LogP contribution in [0.1, 0.15) is 16.7 Å². The highest BCUT2D eigenvalue weighted by molar-refractivity contribution is 5.55. The molecule has 3 nitrogen and oxygen atoms in total. The van der Waals surface area contributed by atoms with E-state index < -0.39 is 0 Å². The minimum Gasteiger partial charge on any atom is -0.508 e. The summed E-state index contributed by atoms with van der Waals surface area (Å²) in [6.45, 7) is 2.61. The first kappa shape index (κ1) is 12.0. The molecule has 0 atom stereocenters. The second-order valence-electron chi connectivity index (χ2n) is 4.16. The molecule has 0 saturated heterocycles. The van der Waals surface area contributed by atoms with Gasteiger partial charge in [0, 0.05) is 12.2 Å². The van der Waals surface area contributed by atoms with Gasteiger partial charge >= 0.3 is 0 Å². The Morgan fingerprint density at radius 3 is 2.78 bits per heavy atom. The zero-order valence-corrected chi connectivity index (χ0v) is 10.1. The van der Waals surface area contributed by atoms with Crippen LogP contribution in [0, 0.1) is 18.3 Å². The Morgan fingerprint density at radius 1 is 1.22 bits per heavy atom. The lowest BCUT2D eigenvalue weighted by Gasteiger charge is -2.10. The lowest BCUT2D eigenvalue weighted by atomic mass is 10.1. The van der Waals surface area contributed by atoms with Crippen LogP contribution < -0.4 is 5.32 Å². The number of benzene rings is 2. The summed E-state index contributed by atoms with van der Waals surface area (Å²) in [5, 5.41) is 21.5. The summed E-state index contributed by atoms with van der Waals surface area (Å²) >= 11 is 0. The summed E-state index contributed by atoms with van der Waals surface area (Å²) in [5.74, 6) is 0.261. The minimum atomic E-state index is 0.261. The SMILES string of the molecule is Cc1ccc(C#N)cc1NCc1cccc(O)c1. The van der Waals surface area contributed by atoms with Crippen LogP contribution in [0.25, 0.3) is 0 Å². The summed E-state index contributed by atoms with van der Waals surface area (Å²) in [4.78, 5) is 0. The summed E-state index contributed by atoms with van der Waals surface area (Å²) in [5.41, 5.74) is 3.67. The van der Waals surface area contributed by atoms with Gasteiger partial charge in [-0.05, 0) is 42.3 Å². The van der Waals surface area contributed by atoms with Gasteiger partial charge in [0.15, 0.2) is 0 Å². The van der Waals surface area contributed by atoms with Crippen molar-refractivity contribution in [1.82, 2.24) is 0 Å². The second-order valence-corrected chi connectivity index (χ2v) is 4.16. The zero-order valence-electron chi connectivity index (χ0n) is 10.1. The molecule has 2 N–H and O–H groups in total. The molecule has 0 aliphatic heterocycles. The third-order valence-corrected chi connectivity index (χ3v) is 2.76. The Labute approximate surface area is 106 Å². The predicted molar refractivity (Wildman–Crippen MR) is 71.3 cm³/mol. The third kappa shape index (κ3) is 2.80. The molecule has 0 unspecified atom stereocenters. The average molecular weight is 238 g/mol. The highest BCUT2D eigenvalue weighted by atomic mass is 16.3. The van der Waals surface area contributed by atoms with Gasteiger partial charge in [0.05, 0.1) is 11.6 Å². The first-order valence-electron chi connectivity index (χ1n) is 5.71. The van der Waals surface area contributed by atoms with Crippen molar-refractivity contribution in [1.29, 1.82) is 5.26 Å². The van der Waals surface area contributed by atoms with E-state index in [9.17, 15) is 5.11 Å². The molecule has 0 radical (unpaired) electrons. The molecule has 0 bridgehead atoms. The molecule has 0 fully saturated rings. The van der Waals surface area contributed by atoms with Gasteiger partial charge in [-0.3, -0.25) is 0 Å². The van der Waals surface area contributed by atoms with Gasteiger partial charge < -0.3 is 10.4 Å². The van der Waals surface area contributed by atoms with Crippen molar-refractivity contribution in [3.8, 4) is 11.8 Å². The number of hydrogen-bond acceptors (Lipinski definition) is 3. The highest BCUT2D eigenvalue weighted by Crippen LogP contribution is 2.18. The lowest BCUT2D eigenvalue weighted by Crippen LogP contribution is -2.01. The molecule has 2 aromatic rings. The minimum absolute atomic E-state index is 0.261. The maximum Gasteiger partial charge on any atom is 0.115 e. The van der Waals surface area contributed by atoms with E-state index in [-0.39, 0.29) is 5.75 Å². The van der Waals surface area contributed by atoms with E-state index in [1.807, 2.05) is 31.2 Å². The number of phenols is 1. The molecule has 18 heavy (non-hydrogen) atoms. The molecule has 0 spiro atoms. The number of aromatic hydroxyl groups is 1. The van der Waals surface area contributed by atoms with Gasteiger partial charge in [-0.15, -0.1) is 0 Å². The number of nitriles is 1. The number of phenolic OH excluding ortho intramolecular Hbond substituents is 1. The standard InChI is InChI=1S/C15H14N2O/c1-11-5-6-12(9-16)8-15(11)17-10-13-3-2-4-14(18)7-13/h2-8,17-18H,10H2,1H3. The van der Waals surface area contributed by atoms with E-state index in [2.05, 4.69) is 11.4 Å². The molecular weight excluding hydrogens is 224 g/mol. The van der Waals surface area contributed by atoms with Crippen molar-refractivity contribution in [2.75, 3.05) is 5.32 Å². The smallest absolute Gasteiger partial charge is 0.115 e. The summed E-state index contributed by atoms with van der Waals surface area (Å²) in [6, 6.07) is 14.8. The van der Waals surface area contributed by atoms with Gasteiger partial charge in [-0.2, -0.15) is 5.26 Å². The van der Waals surface area contributed by atoms with E-state index in [0.29, 0.717) is 12.1 Å². The molecule has 0 saturated carbocycles. The fourth-order valence-electron chi connectivity index (χ4n) is 1.75. The van der Waals surface area contributed by atoms with Gasteiger partial charge in [0.1, 0.15) is 5.75 Å². The van der Waals surface area contributed by atoms with E-state index in [1.165, 1.54) is 0 Å². The van der Waals surface area contributed by atoms with Gasteiger partial charge in [0.25, 0.3) is 0 Å². The van der Waals surface area contributed by atoms with Crippen LogP contribution >= 0.6 is 0 Å². The van der Waals surface area contributed by atoms with Crippen molar-refractivity contribution >= 4 is 5.69 Å². The van der Waals surface area contributed by atoms with Crippen LogP contribution in [0.3, 0.4) is 0 Å². The van der Waals surface area contributed by atoms with Crippen LogP contribution in [-0.2, 0) is 6.54 Å². The number of aryl methyl sites for hydroxylation is 1. The quantitative estimate of drug-likeness (QED) is 0.863. The molecule has 0 aliphatic carbocycles. The van der Waals surface area contributed by atoms with E-state index in [0.717, 1.165) is 16.8 Å². The maximum atomic E-state index is 9.38. The molecule has 90 valence electrons. The average Bonchev–Trinajstić information content (AvgIpc) is 2.38. The molecular formula is C15H14N2O. The van der Waals surface area contributed by atoms with Gasteiger partial charge in [-0.1, -0.05) is 18.2 Å². The first-order valence-corrected chi connectivity index (χ1v) is 5.71. The van der Waals surface area contributed by atoms with Crippen LogP contribution in [-0.4, -0.2) is 5.11 Å². The molecule has 2 rings (SSSR count). The van der Waals surface area contributed by atoms with Crippen molar-refractivity contribution in [2.24, 2.45) is 0 Å². The lowest BCUT2D eigenvalue weighted by molar-refractivity contribution is 0.474. The zero-order chi connectivity index (χ0) is 13.0. The molecule has 2 aromatic carbocycles. The number of rotatable bonds is 3. The molecule has 0 aromatic heterocycles. The summed E-state index contributed by atoms with van der Waals surface area (Å²) in [7, 11) is 0. The van der Waals surface area contributed by atoms with E-state index in [4.69, 9.17) is 5.26 Å². The van der Waals surface area contributed by atoms with Crippen molar-refractivity contribution in [3.63, 3.8) is 0 Å². The summed E-state index contributed by atoms with van der Waals surface area (Å²) < 4.78 is 0. The van der Waals surface area contributed by atoms with Crippen LogP contribution in [0.2, 0.25) is 0 Å². The Morgan fingerprint density at radius 2 is 2.06 bits per heavy atom. The van der Waals surface area contributed by atoms with Crippen LogP contribution in [0.4, 0.5) is 5.69 Å². The van der Waals surface area contributed by atoms with Gasteiger partial charge in [0.2, 0.25) is 0 Å². The Bertz CT molecular complexity index is 600. The largest absolute Gasteiger partial charge is 0.508 e.